The third-order valence-corrected chi connectivity index (χ3v) is 4.18. The number of hydrogen-bond acceptors (Lipinski definition) is 6. The molecular formula is C20H20N6O. The number of para-hydroxylation sites is 1. The zero-order chi connectivity index (χ0) is 18.5. The molecule has 2 heterocycles. The lowest BCUT2D eigenvalue weighted by Crippen LogP contribution is -2.09. The van der Waals surface area contributed by atoms with Crippen molar-refractivity contribution in [2.45, 2.75) is 6.42 Å². The quantitative estimate of drug-likeness (QED) is 0.465. The highest BCUT2D eigenvalue weighted by Gasteiger charge is 2.10. The van der Waals surface area contributed by atoms with Gasteiger partial charge in [0.2, 0.25) is 5.95 Å². The molecule has 0 saturated heterocycles. The fourth-order valence-electron chi connectivity index (χ4n) is 2.79. The Kier molecular flexibility index (Phi) is 4.82. The first-order chi connectivity index (χ1) is 13.3. The molecule has 2 aromatic heterocycles. The summed E-state index contributed by atoms with van der Waals surface area (Å²) in [6.45, 7) is 0.738. The summed E-state index contributed by atoms with van der Waals surface area (Å²) in [5, 5.41) is 6.60. The molecule has 3 N–H and O–H groups in total. The van der Waals surface area contributed by atoms with Crippen LogP contribution in [0.25, 0.3) is 11.2 Å². The van der Waals surface area contributed by atoms with E-state index in [9.17, 15) is 0 Å². The Hall–Kier alpha value is -3.61. The minimum absolute atomic E-state index is 0.507. The number of anilines is 3. The molecule has 0 saturated carbocycles. The van der Waals surface area contributed by atoms with E-state index in [1.807, 2.05) is 42.5 Å². The van der Waals surface area contributed by atoms with Crippen molar-refractivity contribution in [3.05, 3.63) is 66.5 Å². The van der Waals surface area contributed by atoms with Crippen LogP contribution in [0.1, 0.15) is 5.56 Å². The topological polar surface area (TPSA) is 87.8 Å². The Balaban J connectivity index is 1.49. The smallest absolute Gasteiger partial charge is 0.231 e. The third-order valence-electron chi connectivity index (χ3n) is 4.18. The fourth-order valence-corrected chi connectivity index (χ4v) is 2.79. The van der Waals surface area contributed by atoms with Crippen LogP contribution < -0.4 is 15.4 Å². The van der Waals surface area contributed by atoms with Crippen LogP contribution in [0.3, 0.4) is 0 Å². The van der Waals surface area contributed by atoms with Crippen molar-refractivity contribution in [2.24, 2.45) is 0 Å². The second-order valence-electron chi connectivity index (χ2n) is 6.01. The zero-order valence-electron chi connectivity index (χ0n) is 14.9. The van der Waals surface area contributed by atoms with Crippen LogP contribution in [0, 0.1) is 0 Å². The van der Waals surface area contributed by atoms with Crippen LogP contribution in [0.5, 0.6) is 5.75 Å². The molecule has 7 heteroatoms. The fraction of sp³-hybridized carbons (Fsp3) is 0.150. The highest BCUT2D eigenvalue weighted by atomic mass is 16.5. The van der Waals surface area contributed by atoms with Crippen molar-refractivity contribution in [1.82, 2.24) is 19.9 Å². The third kappa shape index (κ3) is 3.98. The van der Waals surface area contributed by atoms with Gasteiger partial charge in [-0.3, -0.25) is 0 Å². The van der Waals surface area contributed by atoms with Gasteiger partial charge in [-0.05, 0) is 36.2 Å². The van der Waals surface area contributed by atoms with Gasteiger partial charge in [-0.15, -0.1) is 0 Å². The van der Waals surface area contributed by atoms with Crippen molar-refractivity contribution >= 4 is 28.6 Å². The maximum atomic E-state index is 5.19. The van der Waals surface area contributed by atoms with Crippen molar-refractivity contribution < 1.29 is 4.74 Å². The highest BCUT2D eigenvalue weighted by molar-refractivity contribution is 5.84. The van der Waals surface area contributed by atoms with E-state index in [-0.39, 0.29) is 0 Å². The number of rotatable bonds is 7. The van der Waals surface area contributed by atoms with Crippen molar-refractivity contribution in [1.29, 1.82) is 0 Å². The number of hydrogen-bond donors (Lipinski definition) is 3. The van der Waals surface area contributed by atoms with Crippen LogP contribution in [-0.4, -0.2) is 33.6 Å². The van der Waals surface area contributed by atoms with E-state index in [0.29, 0.717) is 11.6 Å². The molecule has 0 aliphatic heterocycles. The van der Waals surface area contributed by atoms with E-state index >= 15 is 0 Å². The Bertz CT molecular complexity index is 1010. The Morgan fingerprint density at radius 2 is 1.81 bits per heavy atom. The number of imidazole rings is 1. The summed E-state index contributed by atoms with van der Waals surface area (Å²) in [5.41, 5.74) is 3.57. The largest absolute Gasteiger partial charge is 0.497 e. The van der Waals surface area contributed by atoms with Gasteiger partial charge in [-0.1, -0.05) is 30.3 Å². The van der Waals surface area contributed by atoms with Gasteiger partial charge in [0.15, 0.2) is 11.5 Å². The summed E-state index contributed by atoms with van der Waals surface area (Å²) in [6.07, 6.45) is 2.49. The first kappa shape index (κ1) is 16.8. The number of ether oxygens (including phenoxy) is 1. The molecule has 0 unspecified atom stereocenters. The summed E-state index contributed by atoms with van der Waals surface area (Å²) >= 11 is 0. The molecule has 4 rings (SSSR count). The van der Waals surface area contributed by atoms with Gasteiger partial charge in [0.05, 0.1) is 13.4 Å². The number of nitrogens with one attached hydrogen (secondary N) is 3. The molecule has 0 aliphatic carbocycles. The predicted molar refractivity (Wildman–Crippen MR) is 107 cm³/mol. The molecule has 27 heavy (non-hydrogen) atoms. The van der Waals surface area contributed by atoms with Gasteiger partial charge in [-0.25, -0.2) is 4.98 Å². The predicted octanol–water partition coefficient (Wildman–Crippen LogP) is 3.76. The van der Waals surface area contributed by atoms with E-state index in [4.69, 9.17) is 4.74 Å². The summed E-state index contributed by atoms with van der Waals surface area (Å²) < 4.78 is 5.19. The Morgan fingerprint density at radius 3 is 2.59 bits per heavy atom. The monoisotopic (exact) mass is 360 g/mol. The maximum absolute atomic E-state index is 5.19. The molecule has 0 radical (unpaired) electrons. The van der Waals surface area contributed by atoms with Crippen LogP contribution in [0.2, 0.25) is 0 Å². The van der Waals surface area contributed by atoms with E-state index < -0.39 is 0 Å². The van der Waals surface area contributed by atoms with E-state index in [0.717, 1.165) is 35.7 Å². The molecule has 0 amide bonds. The molecular weight excluding hydrogens is 340 g/mol. The molecule has 0 aliphatic rings. The van der Waals surface area contributed by atoms with Crippen molar-refractivity contribution in [3.63, 3.8) is 0 Å². The van der Waals surface area contributed by atoms with Crippen LogP contribution in [0.4, 0.5) is 17.5 Å². The SMILES string of the molecule is COc1ccc(CCNc2nc(Nc3ccccc3)nc3nc[nH]c23)cc1. The molecule has 0 fully saturated rings. The van der Waals surface area contributed by atoms with Gasteiger partial charge in [0.1, 0.15) is 11.3 Å². The minimum Gasteiger partial charge on any atom is -0.497 e. The van der Waals surface area contributed by atoms with Gasteiger partial charge in [-0.2, -0.15) is 9.97 Å². The maximum Gasteiger partial charge on any atom is 0.231 e. The zero-order valence-corrected chi connectivity index (χ0v) is 14.9. The first-order valence-corrected chi connectivity index (χ1v) is 8.72. The molecule has 136 valence electrons. The lowest BCUT2D eigenvalue weighted by atomic mass is 10.1. The lowest BCUT2D eigenvalue weighted by molar-refractivity contribution is 0.414. The van der Waals surface area contributed by atoms with Gasteiger partial charge >= 0.3 is 0 Å². The molecule has 0 spiro atoms. The Morgan fingerprint density at radius 1 is 1.00 bits per heavy atom. The molecule has 0 atom stereocenters. The average Bonchev–Trinajstić information content (AvgIpc) is 3.18. The molecule has 4 aromatic rings. The Labute approximate surface area is 156 Å². The number of H-pyrrole nitrogens is 1. The first-order valence-electron chi connectivity index (χ1n) is 8.72. The molecule has 2 aromatic carbocycles. The minimum atomic E-state index is 0.507. The van der Waals surface area contributed by atoms with E-state index in [1.165, 1.54) is 5.56 Å². The second-order valence-corrected chi connectivity index (χ2v) is 6.01. The molecule has 0 bridgehead atoms. The summed E-state index contributed by atoms with van der Waals surface area (Å²) in [4.78, 5) is 16.4. The van der Waals surface area contributed by atoms with Gasteiger partial charge < -0.3 is 20.4 Å². The highest BCUT2D eigenvalue weighted by Crippen LogP contribution is 2.21. The van der Waals surface area contributed by atoms with Crippen LogP contribution in [0.15, 0.2) is 60.9 Å². The van der Waals surface area contributed by atoms with Crippen LogP contribution in [-0.2, 0) is 6.42 Å². The molecule has 7 nitrogen and oxygen atoms in total. The van der Waals surface area contributed by atoms with Gasteiger partial charge in [0.25, 0.3) is 0 Å². The van der Waals surface area contributed by atoms with Crippen molar-refractivity contribution in [3.8, 4) is 5.75 Å². The van der Waals surface area contributed by atoms with Crippen molar-refractivity contribution in [2.75, 3.05) is 24.3 Å². The lowest BCUT2D eigenvalue weighted by Gasteiger charge is -2.10. The number of methoxy groups -OCH3 is 1. The van der Waals surface area contributed by atoms with E-state index in [1.54, 1.807) is 13.4 Å². The number of aromatic amines is 1. The van der Waals surface area contributed by atoms with E-state index in [2.05, 4.69) is 42.7 Å². The van der Waals surface area contributed by atoms with Crippen LogP contribution >= 0.6 is 0 Å². The second kappa shape index (κ2) is 7.74. The summed E-state index contributed by atoms with van der Waals surface area (Å²) in [7, 11) is 1.67. The number of benzene rings is 2. The number of fused-ring (bicyclic) bond motifs is 1. The number of aromatic nitrogens is 4. The van der Waals surface area contributed by atoms with Gasteiger partial charge in [0, 0.05) is 12.2 Å². The number of nitrogens with zero attached hydrogens (tertiary/aromatic N) is 3. The summed E-state index contributed by atoms with van der Waals surface area (Å²) in [5.74, 6) is 2.09. The normalized spacial score (nSPS) is 10.7. The average molecular weight is 360 g/mol. The standard InChI is InChI=1S/C20H20N6O/c1-27-16-9-7-14(8-10-16)11-12-21-18-17-19(23-13-22-17)26-20(25-18)24-15-5-3-2-4-6-15/h2-10,13H,11-12H2,1H3,(H3,21,22,23,24,25,26). The summed E-state index contributed by atoms with van der Waals surface area (Å²) in [6, 6.07) is 17.9.